The maximum absolute atomic E-state index is 13.3. The number of fused-ring (bicyclic) bond motifs is 1. The van der Waals surface area contributed by atoms with Crippen LogP contribution in [-0.2, 0) is 29.1 Å². The van der Waals surface area contributed by atoms with Gasteiger partial charge >= 0.3 is 6.09 Å². The molecule has 1 aromatic heterocycles. The van der Waals surface area contributed by atoms with Crippen LogP contribution in [0.1, 0.15) is 138 Å². The number of nitrogens with two attached hydrogens (primary N) is 2. The van der Waals surface area contributed by atoms with Crippen LogP contribution < -0.4 is 25.7 Å². The fraction of sp³-hybridized carbons (Fsp3) is 0.651. The fourth-order valence-corrected chi connectivity index (χ4v) is 8.18. The highest BCUT2D eigenvalue weighted by molar-refractivity contribution is 7.91. The second-order valence-electron chi connectivity index (χ2n) is 15.5. The van der Waals surface area contributed by atoms with Gasteiger partial charge in [-0.3, -0.25) is 19.1 Å². The molecule has 2 heterocycles. The van der Waals surface area contributed by atoms with E-state index in [2.05, 4.69) is 40.4 Å². The Hall–Kier alpha value is -4.40. The van der Waals surface area contributed by atoms with Crippen LogP contribution in [0.4, 0.5) is 4.79 Å². The van der Waals surface area contributed by atoms with E-state index < -0.39 is 44.3 Å². The Balaban J connectivity index is -0.00000107. The second kappa shape index (κ2) is 24.5. The number of pyridine rings is 1. The number of rotatable bonds is 16. The van der Waals surface area contributed by atoms with Gasteiger partial charge in [0.15, 0.2) is 0 Å². The minimum Gasteiger partial charge on any atom is -0.481 e. The average Bonchev–Trinajstić information content (AvgIpc) is 3.87. The molecule has 0 unspecified atom stereocenters. The molecule has 2 aliphatic rings. The first-order chi connectivity index (χ1) is 27.2. The number of hydrogen-bond acceptors (Lipinski definition) is 10. The van der Waals surface area contributed by atoms with Crippen LogP contribution in [0.3, 0.4) is 0 Å². The van der Waals surface area contributed by atoms with Gasteiger partial charge in [-0.15, -0.1) is 0 Å². The number of allylic oxidation sites excluding steroid dienone is 2. The first-order valence-electron chi connectivity index (χ1n) is 20.6. The van der Waals surface area contributed by atoms with Crippen molar-refractivity contribution in [1.82, 2.24) is 14.6 Å². The van der Waals surface area contributed by atoms with E-state index in [-0.39, 0.29) is 28.6 Å². The number of hydrogen-bond donors (Lipinski definition) is 3. The number of carbonyl (C=O) groups excluding carboxylic acids is 4. The monoisotopic (exact) mass is 840 g/mol. The number of benzene rings is 1. The molecule has 1 aliphatic heterocycles. The third kappa shape index (κ3) is 16.8. The predicted octanol–water partition coefficient (Wildman–Crippen LogP) is 8.31. The highest BCUT2D eigenvalue weighted by Gasteiger charge is 2.53. The van der Waals surface area contributed by atoms with E-state index >= 15 is 0 Å². The minimum atomic E-state index is -3.41. The maximum Gasteiger partial charge on any atom is 0.405 e. The molecular formula is C43H77N5O9S. The first-order valence-corrected chi connectivity index (χ1v) is 22.1. The van der Waals surface area contributed by atoms with E-state index in [4.69, 9.17) is 20.9 Å². The zero-order chi connectivity index (χ0) is 44.3. The number of likely N-dealkylation sites (tertiary alicyclic amines) is 1. The lowest BCUT2D eigenvalue weighted by Crippen LogP contribution is -2.44. The Morgan fingerprint density at radius 1 is 1.10 bits per heavy atom. The Morgan fingerprint density at radius 3 is 2.22 bits per heavy atom. The highest BCUT2D eigenvalue weighted by Crippen LogP contribution is 2.45. The molecule has 1 aromatic carbocycles. The van der Waals surface area contributed by atoms with Crippen LogP contribution in [0.2, 0.25) is 0 Å². The van der Waals surface area contributed by atoms with Crippen LogP contribution >= 0.6 is 0 Å². The number of sulfonamides is 1. The molecule has 334 valence electrons. The number of methoxy groups -OCH3 is 1. The van der Waals surface area contributed by atoms with E-state index in [9.17, 15) is 27.6 Å². The number of carbonyl (C=O) groups is 4. The molecule has 0 spiro atoms. The summed E-state index contributed by atoms with van der Waals surface area (Å²) in [6, 6.07) is 8.94. The van der Waals surface area contributed by atoms with Gasteiger partial charge in [-0.2, -0.15) is 4.98 Å². The molecule has 1 saturated heterocycles. The standard InChI is InChI=1S/C28H39N3O4.C8H15NO3S.C5H11NO2.C2H6.3H2/c1-5-7-8-11-19(3)14-20(6-2)15-26(32)31-18-22(17-24(31)27(29)33)35-28-23-13-10-9-12-21(23)16-25(30-28)34-4;1-3-7(10)9-13(11,12)8(4-2)5-6-8;1-5(2,3)8-4(6)7;1-2;;;/h5,7,9-10,12-13,16,19-20,22,24H,6,8,11,14-15,17-18H2,1-4H3,(H2,29,33);3-6H2,1-2H3,(H,9,10);1-3H3,(H2,6,7);1-2H3;3*1H/b7-5-;;;;;;/t19-,20-,22-,24+;;;;;;/m1....../s1. The van der Waals surface area contributed by atoms with Crippen molar-refractivity contribution in [2.45, 2.75) is 156 Å². The predicted molar refractivity (Wildman–Crippen MR) is 236 cm³/mol. The molecule has 4 amide bonds. The summed E-state index contributed by atoms with van der Waals surface area (Å²) in [4.78, 5) is 52.6. The quantitative estimate of drug-likeness (QED) is 0.138. The van der Waals surface area contributed by atoms with Gasteiger partial charge in [0, 0.05) is 35.0 Å². The molecular weight excluding hydrogens is 763 g/mol. The summed E-state index contributed by atoms with van der Waals surface area (Å²) in [7, 11) is -1.85. The smallest absolute Gasteiger partial charge is 0.405 e. The van der Waals surface area contributed by atoms with Crippen molar-refractivity contribution in [2.24, 2.45) is 23.3 Å². The van der Waals surface area contributed by atoms with Crippen molar-refractivity contribution in [3.63, 3.8) is 0 Å². The molecule has 4 atom stereocenters. The molecule has 4 rings (SSSR count). The lowest BCUT2D eigenvalue weighted by molar-refractivity contribution is -0.138. The lowest BCUT2D eigenvalue weighted by atomic mass is 9.88. The Kier molecular flexibility index (Phi) is 21.8. The average molecular weight is 840 g/mol. The van der Waals surface area contributed by atoms with Crippen LogP contribution in [0.25, 0.3) is 10.8 Å². The summed E-state index contributed by atoms with van der Waals surface area (Å²) in [6.07, 6.45) is 10.2. The number of nitrogens with zero attached hydrogens (tertiary/aromatic N) is 2. The summed E-state index contributed by atoms with van der Waals surface area (Å²) < 4.78 is 40.8. The van der Waals surface area contributed by atoms with Crippen molar-refractivity contribution < 1.29 is 46.1 Å². The second-order valence-corrected chi connectivity index (χ2v) is 17.6. The van der Waals surface area contributed by atoms with E-state index in [1.54, 1.807) is 39.7 Å². The van der Waals surface area contributed by atoms with Gasteiger partial charge < -0.3 is 30.6 Å². The number of nitrogens with one attached hydrogen (secondary N) is 1. The Bertz CT molecular complexity index is 1770. The van der Waals surface area contributed by atoms with Crippen LogP contribution in [-0.4, -0.2) is 78.3 Å². The molecule has 0 bridgehead atoms. The number of primary amides is 2. The fourth-order valence-electron chi connectivity index (χ4n) is 6.50. The molecule has 58 heavy (non-hydrogen) atoms. The van der Waals surface area contributed by atoms with Gasteiger partial charge in [-0.25, -0.2) is 13.2 Å². The molecule has 15 heteroatoms. The zero-order valence-electron chi connectivity index (χ0n) is 36.8. The van der Waals surface area contributed by atoms with Crippen LogP contribution in [0, 0.1) is 11.8 Å². The maximum atomic E-state index is 13.3. The van der Waals surface area contributed by atoms with Gasteiger partial charge in [0.1, 0.15) is 17.7 Å². The van der Waals surface area contributed by atoms with Gasteiger partial charge in [0.25, 0.3) is 0 Å². The molecule has 1 aliphatic carbocycles. The van der Waals surface area contributed by atoms with Crippen molar-refractivity contribution in [2.75, 3.05) is 13.7 Å². The number of ether oxygens (including phenoxy) is 3. The molecule has 0 radical (unpaired) electrons. The van der Waals surface area contributed by atoms with E-state index in [1.807, 2.05) is 58.0 Å². The Morgan fingerprint density at radius 2 is 1.74 bits per heavy atom. The van der Waals surface area contributed by atoms with Gasteiger partial charge in [0.2, 0.25) is 39.5 Å². The van der Waals surface area contributed by atoms with Crippen molar-refractivity contribution >= 4 is 44.6 Å². The molecule has 2 fully saturated rings. The zero-order valence-corrected chi connectivity index (χ0v) is 37.6. The summed E-state index contributed by atoms with van der Waals surface area (Å²) in [5, 5.41) is 1.80. The van der Waals surface area contributed by atoms with Crippen LogP contribution in [0.15, 0.2) is 42.5 Å². The highest BCUT2D eigenvalue weighted by atomic mass is 32.2. The van der Waals surface area contributed by atoms with Crippen molar-refractivity contribution in [3.05, 3.63) is 42.5 Å². The number of aromatic nitrogens is 1. The topological polar surface area (TPSA) is 210 Å². The molecule has 14 nitrogen and oxygen atoms in total. The lowest BCUT2D eigenvalue weighted by Gasteiger charge is -2.25. The molecule has 1 saturated carbocycles. The normalized spacial score (nSPS) is 17.9. The van der Waals surface area contributed by atoms with Crippen molar-refractivity contribution in [3.8, 4) is 11.8 Å². The van der Waals surface area contributed by atoms with E-state index in [0.29, 0.717) is 56.3 Å². The molecule has 2 aromatic rings. The molecule has 5 N–H and O–H groups in total. The van der Waals surface area contributed by atoms with Gasteiger partial charge in [-0.05, 0) is 89.5 Å². The number of amides is 4. The summed E-state index contributed by atoms with van der Waals surface area (Å²) in [6.45, 7) is 19.5. The van der Waals surface area contributed by atoms with Gasteiger partial charge in [0.05, 0.1) is 18.4 Å². The van der Waals surface area contributed by atoms with Crippen molar-refractivity contribution in [1.29, 1.82) is 0 Å². The van der Waals surface area contributed by atoms with E-state index in [0.717, 1.165) is 36.5 Å². The SMILES string of the molecule is C/C=C\CC[C@@H](C)C[C@@H](CC)CC(=O)N1C[C@H](Oc2nc(OC)cc3ccccc23)C[C@H]1C(N)=O.CC.CC(C)(C)OC(N)=O.CCC(=O)NS(=O)(=O)C1(CC)CC1.[HH].[HH].[HH]. The minimum absolute atomic E-state index is 0. The van der Waals surface area contributed by atoms with E-state index in [1.165, 1.54) is 0 Å². The summed E-state index contributed by atoms with van der Waals surface area (Å²) in [5.74, 6) is 0.754. The third-order valence-electron chi connectivity index (χ3n) is 9.92. The summed E-state index contributed by atoms with van der Waals surface area (Å²) >= 11 is 0. The summed E-state index contributed by atoms with van der Waals surface area (Å²) in [5.41, 5.74) is 9.96. The third-order valence-corrected chi connectivity index (χ3v) is 12.3. The van der Waals surface area contributed by atoms with Gasteiger partial charge in [-0.1, -0.05) is 78.3 Å². The largest absolute Gasteiger partial charge is 0.481 e. The first kappa shape index (κ1) is 51.6. The Labute approximate surface area is 351 Å². The van der Waals surface area contributed by atoms with Crippen LogP contribution in [0.5, 0.6) is 11.8 Å².